The van der Waals surface area contributed by atoms with Crippen molar-refractivity contribution in [3.63, 3.8) is 0 Å². The number of hydrogen-bond donors (Lipinski definition) is 3. The Morgan fingerprint density at radius 3 is 2.46 bits per heavy atom. The molecule has 24 heavy (non-hydrogen) atoms. The highest BCUT2D eigenvalue weighted by atomic mass is 16.5. The zero-order chi connectivity index (χ0) is 17.5. The molecule has 6 heteroatoms. The van der Waals surface area contributed by atoms with Gasteiger partial charge in [-0.25, -0.2) is 4.79 Å². The molecule has 0 unspecified atom stereocenters. The molecule has 4 N–H and O–H groups in total. The number of para-hydroxylation sites is 1. The van der Waals surface area contributed by atoms with Gasteiger partial charge in [-0.15, -0.1) is 0 Å². The average molecular weight is 327 g/mol. The van der Waals surface area contributed by atoms with Crippen molar-refractivity contribution < 1.29 is 14.3 Å². The summed E-state index contributed by atoms with van der Waals surface area (Å²) >= 11 is 0. The summed E-state index contributed by atoms with van der Waals surface area (Å²) in [4.78, 5) is 22.7. The fourth-order valence-corrected chi connectivity index (χ4v) is 2.10. The summed E-state index contributed by atoms with van der Waals surface area (Å²) in [6.45, 7) is 3.86. The number of ether oxygens (including phenoxy) is 1. The standard InChI is InChI=1S/C18H21N3O3/c1-12-7-9-15(10-8-12)24-16-6-4-3-5-14(16)11-20-17(22)13(2)21-18(19)23/h3-10,13H,11H2,1-2H3,(H,20,22)(H3,19,21,23)/t13-/m0/s1. The fraction of sp³-hybridized carbons (Fsp3) is 0.222. The average Bonchev–Trinajstić information content (AvgIpc) is 2.55. The Bertz CT molecular complexity index is 714. The van der Waals surface area contributed by atoms with Gasteiger partial charge in [0.15, 0.2) is 0 Å². The van der Waals surface area contributed by atoms with Gasteiger partial charge in [0.2, 0.25) is 5.91 Å². The topological polar surface area (TPSA) is 93.4 Å². The van der Waals surface area contributed by atoms with Crippen LogP contribution < -0.4 is 21.1 Å². The normalized spacial score (nSPS) is 11.4. The van der Waals surface area contributed by atoms with Crippen LogP contribution in [0.15, 0.2) is 48.5 Å². The summed E-state index contributed by atoms with van der Waals surface area (Å²) in [5.41, 5.74) is 6.99. The van der Waals surface area contributed by atoms with Crippen molar-refractivity contribution in [3.8, 4) is 11.5 Å². The Hall–Kier alpha value is -3.02. The Kier molecular flexibility index (Phi) is 5.78. The maximum Gasteiger partial charge on any atom is 0.312 e. The second-order valence-corrected chi connectivity index (χ2v) is 5.47. The van der Waals surface area contributed by atoms with Gasteiger partial charge in [0.05, 0.1) is 0 Å². The van der Waals surface area contributed by atoms with E-state index in [9.17, 15) is 9.59 Å². The second-order valence-electron chi connectivity index (χ2n) is 5.47. The van der Waals surface area contributed by atoms with Crippen LogP contribution in [0.5, 0.6) is 11.5 Å². The lowest BCUT2D eigenvalue weighted by molar-refractivity contribution is -0.122. The predicted octanol–water partition coefficient (Wildman–Crippen LogP) is 2.46. The number of carbonyl (C=O) groups excluding carboxylic acids is 2. The van der Waals surface area contributed by atoms with E-state index in [4.69, 9.17) is 10.5 Å². The number of amides is 3. The van der Waals surface area contributed by atoms with Crippen LogP contribution in [0.4, 0.5) is 4.79 Å². The van der Waals surface area contributed by atoms with Gasteiger partial charge in [-0.1, -0.05) is 35.9 Å². The van der Waals surface area contributed by atoms with Gasteiger partial charge >= 0.3 is 6.03 Å². The number of urea groups is 1. The first-order chi connectivity index (χ1) is 11.5. The van der Waals surface area contributed by atoms with Gasteiger partial charge in [0.1, 0.15) is 17.5 Å². The number of nitrogens with two attached hydrogens (primary N) is 1. The molecule has 2 rings (SSSR count). The minimum atomic E-state index is -0.735. The Morgan fingerprint density at radius 2 is 1.79 bits per heavy atom. The van der Waals surface area contributed by atoms with Crippen molar-refractivity contribution in [2.75, 3.05) is 0 Å². The molecule has 0 saturated heterocycles. The lowest BCUT2D eigenvalue weighted by atomic mass is 10.2. The number of hydrogen-bond acceptors (Lipinski definition) is 3. The summed E-state index contributed by atoms with van der Waals surface area (Å²) in [6.07, 6.45) is 0. The van der Waals surface area contributed by atoms with E-state index in [1.165, 1.54) is 0 Å². The molecule has 0 radical (unpaired) electrons. The number of nitrogens with one attached hydrogen (secondary N) is 2. The second kappa shape index (κ2) is 8.01. The maximum absolute atomic E-state index is 11.9. The minimum Gasteiger partial charge on any atom is -0.457 e. The SMILES string of the molecule is Cc1ccc(Oc2ccccc2CNC(=O)[C@H](C)NC(N)=O)cc1. The van der Waals surface area contributed by atoms with Gasteiger partial charge in [-0.2, -0.15) is 0 Å². The van der Waals surface area contributed by atoms with E-state index < -0.39 is 12.1 Å². The van der Waals surface area contributed by atoms with E-state index in [0.29, 0.717) is 5.75 Å². The molecule has 2 aromatic carbocycles. The van der Waals surface area contributed by atoms with Crippen molar-refractivity contribution in [2.24, 2.45) is 5.73 Å². The fourth-order valence-electron chi connectivity index (χ4n) is 2.10. The van der Waals surface area contributed by atoms with E-state index >= 15 is 0 Å². The first-order valence-electron chi connectivity index (χ1n) is 7.62. The smallest absolute Gasteiger partial charge is 0.312 e. The molecule has 0 saturated carbocycles. The highest BCUT2D eigenvalue weighted by Crippen LogP contribution is 2.25. The van der Waals surface area contributed by atoms with Gasteiger partial charge in [0.25, 0.3) is 0 Å². The molecule has 0 fully saturated rings. The van der Waals surface area contributed by atoms with Crippen molar-refractivity contribution in [1.29, 1.82) is 0 Å². The van der Waals surface area contributed by atoms with Crippen molar-refractivity contribution in [3.05, 3.63) is 59.7 Å². The van der Waals surface area contributed by atoms with Crippen molar-refractivity contribution in [1.82, 2.24) is 10.6 Å². The van der Waals surface area contributed by atoms with Crippen LogP contribution in [0.3, 0.4) is 0 Å². The molecule has 0 aliphatic heterocycles. The third-order valence-electron chi connectivity index (χ3n) is 3.43. The van der Waals surface area contributed by atoms with Crippen molar-refractivity contribution >= 4 is 11.9 Å². The maximum atomic E-state index is 11.9. The first kappa shape index (κ1) is 17.3. The van der Waals surface area contributed by atoms with E-state index in [-0.39, 0.29) is 12.5 Å². The molecule has 0 bridgehead atoms. The number of primary amides is 1. The molecule has 126 valence electrons. The molecule has 3 amide bonds. The van der Waals surface area contributed by atoms with Crippen LogP contribution in [0, 0.1) is 6.92 Å². The number of aryl methyl sites for hydroxylation is 1. The highest BCUT2D eigenvalue weighted by molar-refractivity contribution is 5.86. The monoisotopic (exact) mass is 327 g/mol. The number of carbonyl (C=O) groups is 2. The zero-order valence-electron chi connectivity index (χ0n) is 13.7. The Labute approximate surface area is 141 Å². The van der Waals surface area contributed by atoms with Crippen LogP contribution in [0.2, 0.25) is 0 Å². The van der Waals surface area contributed by atoms with Gasteiger partial charge in [0, 0.05) is 12.1 Å². The van der Waals surface area contributed by atoms with E-state index in [2.05, 4.69) is 10.6 Å². The summed E-state index contributed by atoms with van der Waals surface area (Å²) in [7, 11) is 0. The van der Waals surface area contributed by atoms with Crippen LogP contribution in [0.1, 0.15) is 18.1 Å². The molecule has 0 spiro atoms. The van der Waals surface area contributed by atoms with Crippen LogP contribution in [0.25, 0.3) is 0 Å². The van der Waals surface area contributed by atoms with Crippen LogP contribution in [-0.2, 0) is 11.3 Å². The van der Waals surface area contributed by atoms with Crippen LogP contribution >= 0.6 is 0 Å². The Morgan fingerprint density at radius 1 is 1.12 bits per heavy atom. The van der Waals surface area contributed by atoms with Gasteiger partial charge in [-0.05, 0) is 32.0 Å². The quantitative estimate of drug-likeness (QED) is 0.761. The third kappa shape index (κ3) is 5.01. The molecule has 0 aliphatic carbocycles. The van der Waals surface area contributed by atoms with Crippen molar-refractivity contribution in [2.45, 2.75) is 26.4 Å². The largest absolute Gasteiger partial charge is 0.457 e. The zero-order valence-corrected chi connectivity index (χ0v) is 13.7. The highest BCUT2D eigenvalue weighted by Gasteiger charge is 2.14. The number of benzene rings is 2. The summed E-state index contributed by atoms with van der Waals surface area (Å²) in [5.74, 6) is 1.07. The first-order valence-corrected chi connectivity index (χ1v) is 7.62. The lowest BCUT2D eigenvalue weighted by Crippen LogP contribution is -2.46. The summed E-state index contributed by atoms with van der Waals surface area (Å²) < 4.78 is 5.88. The third-order valence-corrected chi connectivity index (χ3v) is 3.43. The Balaban J connectivity index is 2.02. The lowest BCUT2D eigenvalue weighted by Gasteiger charge is -2.15. The van der Waals surface area contributed by atoms with E-state index in [1.807, 2.05) is 55.5 Å². The van der Waals surface area contributed by atoms with Gasteiger partial charge in [-0.3, -0.25) is 4.79 Å². The molecular weight excluding hydrogens is 306 g/mol. The van der Waals surface area contributed by atoms with Crippen LogP contribution in [-0.4, -0.2) is 18.0 Å². The van der Waals surface area contributed by atoms with E-state index in [0.717, 1.165) is 16.9 Å². The number of rotatable bonds is 6. The molecular formula is C18H21N3O3. The molecule has 0 aliphatic rings. The predicted molar refractivity (Wildman–Crippen MR) is 91.7 cm³/mol. The molecule has 2 aromatic rings. The summed E-state index contributed by atoms with van der Waals surface area (Å²) in [5, 5.41) is 5.08. The van der Waals surface area contributed by atoms with E-state index in [1.54, 1.807) is 6.92 Å². The van der Waals surface area contributed by atoms with Gasteiger partial charge < -0.3 is 21.1 Å². The molecule has 0 aromatic heterocycles. The summed E-state index contributed by atoms with van der Waals surface area (Å²) in [6, 6.07) is 13.7. The minimum absolute atomic E-state index is 0.283. The molecule has 6 nitrogen and oxygen atoms in total. The molecule has 1 atom stereocenters. The molecule has 0 heterocycles.